The fraction of sp³-hybridized carbons (Fsp3) is 0.176. The average Bonchev–Trinajstić information content (AvgIpc) is 3.16. The SMILES string of the molecule is Cc1noc(-c2cccc(F)c2)c1C(=O)NCCc1cccs1. The molecule has 0 aliphatic rings. The van der Waals surface area contributed by atoms with Crippen molar-refractivity contribution in [2.75, 3.05) is 6.54 Å². The van der Waals surface area contributed by atoms with Gasteiger partial charge in [0, 0.05) is 17.0 Å². The van der Waals surface area contributed by atoms with Crippen LogP contribution in [0, 0.1) is 12.7 Å². The van der Waals surface area contributed by atoms with Gasteiger partial charge in [0.2, 0.25) is 0 Å². The van der Waals surface area contributed by atoms with Gasteiger partial charge in [0.05, 0.1) is 5.69 Å². The maximum absolute atomic E-state index is 13.4. The third-order valence-corrected chi connectivity index (χ3v) is 4.35. The second-order valence-corrected chi connectivity index (χ2v) is 6.10. The molecule has 1 aromatic carbocycles. The van der Waals surface area contributed by atoms with E-state index in [0.29, 0.717) is 23.4 Å². The predicted molar refractivity (Wildman–Crippen MR) is 87.0 cm³/mol. The van der Waals surface area contributed by atoms with Crippen molar-refractivity contribution in [3.8, 4) is 11.3 Å². The molecule has 3 aromatic rings. The monoisotopic (exact) mass is 330 g/mol. The Balaban J connectivity index is 1.76. The van der Waals surface area contributed by atoms with Crippen molar-refractivity contribution in [1.29, 1.82) is 0 Å². The van der Waals surface area contributed by atoms with Crippen LogP contribution in [0.2, 0.25) is 0 Å². The van der Waals surface area contributed by atoms with E-state index in [0.717, 1.165) is 6.42 Å². The minimum Gasteiger partial charge on any atom is -0.355 e. The molecule has 118 valence electrons. The molecule has 0 saturated heterocycles. The molecule has 6 heteroatoms. The first-order chi connectivity index (χ1) is 11.1. The molecule has 0 atom stereocenters. The molecule has 2 aromatic heterocycles. The first-order valence-corrected chi connectivity index (χ1v) is 8.06. The Morgan fingerprint density at radius 3 is 2.96 bits per heavy atom. The van der Waals surface area contributed by atoms with Gasteiger partial charge >= 0.3 is 0 Å². The van der Waals surface area contributed by atoms with Gasteiger partial charge in [-0.05, 0) is 36.9 Å². The van der Waals surface area contributed by atoms with Gasteiger partial charge in [-0.3, -0.25) is 4.79 Å². The van der Waals surface area contributed by atoms with Gasteiger partial charge in [-0.1, -0.05) is 23.4 Å². The van der Waals surface area contributed by atoms with Crippen LogP contribution in [0.1, 0.15) is 20.9 Å². The minimum atomic E-state index is -0.388. The normalized spacial score (nSPS) is 10.7. The zero-order valence-corrected chi connectivity index (χ0v) is 13.3. The van der Waals surface area contributed by atoms with Crippen LogP contribution in [0.15, 0.2) is 46.3 Å². The number of nitrogens with one attached hydrogen (secondary N) is 1. The van der Waals surface area contributed by atoms with E-state index in [-0.39, 0.29) is 17.5 Å². The Bertz CT molecular complexity index is 812. The van der Waals surface area contributed by atoms with Crippen molar-refractivity contribution in [1.82, 2.24) is 10.5 Å². The Labute approximate surface area is 136 Å². The van der Waals surface area contributed by atoms with E-state index in [9.17, 15) is 9.18 Å². The number of carbonyl (C=O) groups excluding carboxylic acids is 1. The molecule has 0 aliphatic carbocycles. The van der Waals surface area contributed by atoms with Crippen molar-refractivity contribution >= 4 is 17.2 Å². The van der Waals surface area contributed by atoms with Crippen molar-refractivity contribution in [3.05, 3.63) is 63.7 Å². The number of aromatic nitrogens is 1. The summed E-state index contributed by atoms with van der Waals surface area (Å²) in [5.74, 6) is -0.365. The third kappa shape index (κ3) is 3.48. The number of thiophene rings is 1. The number of benzene rings is 1. The van der Waals surface area contributed by atoms with Gasteiger partial charge in [0.25, 0.3) is 5.91 Å². The molecule has 0 fully saturated rings. The van der Waals surface area contributed by atoms with Crippen LogP contribution in [-0.4, -0.2) is 17.6 Å². The van der Waals surface area contributed by atoms with E-state index < -0.39 is 0 Å². The maximum atomic E-state index is 13.4. The number of aryl methyl sites for hydroxylation is 1. The largest absolute Gasteiger partial charge is 0.355 e. The van der Waals surface area contributed by atoms with E-state index in [2.05, 4.69) is 10.5 Å². The van der Waals surface area contributed by atoms with Gasteiger partial charge < -0.3 is 9.84 Å². The lowest BCUT2D eigenvalue weighted by Crippen LogP contribution is -2.26. The summed E-state index contributed by atoms with van der Waals surface area (Å²) < 4.78 is 18.6. The average molecular weight is 330 g/mol. The minimum absolute atomic E-state index is 0.264. The molecule has 0 spiro atoms. The van der Waals surface area contributed by atoms with E-state index >= 15 is 0 Å². The molecule has 23 heavy (non-hydrogen) atoms. The standard InChI is InChI=1S/C17H15FN2O2S/c1-11-15(17(21)19-8-7-14-6-3-9-23-14)16(22-20-11)12-4-2-5-13(18)10-12/h2-6,9-10H,7-8H2,1H3,(H,19,21). The summed E-state index contributed by atoms with van der Waals surface area (Å²) in [6.07, 6.45) is 0.767. The van der Waals surface area contributed by atoms with E-state index in [1.165, 1.54) is 17.0 Å². The van der Waals surface area contributed by atoms with Gasteiger partial charge in [0.15, 0.2) is 5.76 Å². The highest BCUT2D eigenvalue weighted by atomic mass is 32.1. The molecule has 0 bridgehead atoms. The second-order valence-electron chi connectivity index (χ2n) is 5.07. The summed E-state index contributed by atoms with van der Waals surface area (Å²) in [6, 6.07) is 9.93. The summed E-state index contributed by atoms with van der Waals surface area (Å²) >= 11 is 1.65. The molecule has 4 nitrogen and oxygen atoms in total. The Hall–Kier alpha value is -2.47. The van der Waals surface area contributed by atoms with Crippen molar-refractivity contribution in [2.24, 2.45) is 0 Å². The van der Waals surface area contributed by atoms with Gasteiger partial charge in [0.1, 0.15) is 11.4 Å². The fourth-order valence-electron chi connectivity index (χ4n) is 2.31. The van der Waals surface area contributed by atoms with Crippen LogP contribution in [0.3, 0.4) is 0 Å². The summed E-state index contributed by atoms with van der Waals surface area (Å²) in [7, 11) is 0. The lowest BCUT2D eigenvalue weighted by atomic mass is 10.1. The first kappa shape index (κ1) is 15.4. The number of halogens is 1. The second kappa shape index (κ2) is 6.75. The van der Waals surface area contributed by atoms with E-state index in [4.69, 9.17) is 4.52 Å². The highest BCUT2D eigenvalue weighted by Crippen LogP contribution is 2.26. The molecule has 0 aliphatic heterocycles. The first-order valence-electron chi connectivity index (χ1n) is 7.18. The molecular formula is C17H15FN2O2S. The molecule has 0 unspecified atom stereocenters. The zero-order chi connectivity index (χ0) is 16.2. The molecule has 2 heterocycles. The smallest absolute Gasteiger partial charge is 0.257 e. The highest BCUT2D eigenvalue weighted by molar-refractivity contribution is 7.09. The zero-order valence-electron chi connectivity index (χ0n) is 12.5. The van der Waals surface area contributed by atoms with Crippen LogP contribution in [0.5, 0.6) is 0 Å². The lowest BCUT2D eigenvalue weighted by Gasteiger charge is -2.05. The topological polar surface area (TPSA) is 55.1 Å². The quantitative estimate of drug-likeness (QED) is 0.774. The number of carbonyl (C=O) groups is 1. The number of hydrogen-bond acceptors (Lipinski definition) is 4. The number of rotatable bonds is 5. The van der Waals surface area contributed by atoms with Gasteiger partial charge in [-0.2, -0.15) is 0 Å². The molecule has 0 saturated carbocycles. The van der Waals surface area contributed by atoms with Crippen molar-refractivity contribution in [2.45, 2.75) is 13.3 Å². The summed E-state index contributed by atoms with van der Waals surface area (Å²) in [5.41, 5.74) is 1.33. The van der Waals surface area contributed by atoms with Gasteiger partial charge in [-0.25, -0.2) is 4.39 Å². The van der Waals surface area contributed by atoms with E-state index in [1.54, 1.807) is 30.4 Å². The van der Waals surface area contributed by atoms with Crippen LogP contribution < -0.4 is 5.32 Å². The number of nitrogens with zero attached hydrogens (tertiary/aromatic N) is 1. The molecular weight excluding hydrogens is 315 g/mol. The predicted octanol–water partition coefficient (Wildman–Crippen LogP) is 3.82. The summed E-state index contributed by atoms with van der Waals surface area (Å²) in [4.78, 5) is 13.6. The number of amides is 1. The molecule has 0 radical (unpaired) electrons. The molecule has 3 rings (SSSR count). The maximum Gasteiger partial charge on any atom is 0.257 e. The molecule has 1 N–H and O–H groups in total. The fourth-order valence-corrected chi connectivity index (χ4v) is 3.02. The van der Waals surface area contributed by atoms with E-state index in [1.807, 2.05) is 17.5 Å². The highest BCUT2D eigenvalue weighted by Gasteiger charge is 2.21. The van der Waals surface area contributed by atoms with Gasteiger partial charge in [-0.15, -0.1) is 11.3 Å². The molecule has 1 amide bonds. The Kier molecular flexibility index (Phi) is 4.52. The van der Waals surface area contributed by atoms with Crippen LogP contribution >= 0.6 is 11.3 Å². The van der Waals surface area contributed by atoms with Crippen molar-refractivity contribution in [3.63, 3.8) is 0 Å². The summed E-state index contributed by atoms with van der Waals surface area (Å²) in [5, 5.41) is 8.71. The number of hydrogen-bond donors (Lipinski definition) is 1. The van der Waals surface area contributed by atoms with Crippen molar-refractivity contribution < 1.29 is 13.7 Å². The Morgan fingerprint density at radius 2 is 2.22 bits per heavy atom. The third-order valence-electron chi connectivity index (χ3n) is 3.41. The van der Waals surface area contributed by atoms with Crippen LogP contribution in [0.4, 0.5) is 4.39 Å². The van der Waals surface area contributed by atoms with Crippen LogP contribution in [0.25, 0.3) is 11.3 Å². The Morgan fingerprint density at radius 1 is 1.35 bits per heavy atom. The summed E-state index contributed by atoms with van der Waals surface area (Å²) in [6.45, 7) is 2.22. The van der Waals surface area contributed by atoms with Crippen LogP contribution in [-0.2, 0) is 6.42 Å². The lowest BCUT2D eigenvalue weighted by molar-refractivity contribution is 0.0954.